The lowest BCUT2D eigenvalue weighted by atomic mass is 10.0. The molecule has 0 aliphatic carbocycles. The Morgan fingerprint density at radius 3 is 2.50 bits per heavy atom. The molecule has 0 aromatic heterocycles. The minimum atomic E-state index is -0.795. The van der Waals surface area contributed by atoms with Gasteiger partial charge in [-0.15, -0.1) is 0 Å². The third-order valence-corrected chi connectivity index (χ3v) is 5.82. The number of fused-ring (bicyclic) bond motifs is 1. The maximum absolute atomic E-state index is 13.7. The molecule has 2 aliphatic heterocycles. The minimum Gasteiger partial charge on any atom is -0.454 e. The van der Waals surface area contributed by atoms with Crippen molar-refractivity contribution in [2.45, 2.75) is 12.6 Å². The number of benzene rings is 2. The van der Waals surface area contributed by atoms with Crippen LogP contribution in [-0.2, 0) is 16.1 Å². The zero-order chi connectivity index (χ0) is 22.5. The van der Waals surface area contributed by atoms with Gasteiger partial charge in [0.2, 0.25) is 6.79 Å². The van der Waals surface area contributed by atoms with Gasteiger partial charge in [0, 0.05) is 44.8 Å². The average Bonchev–Trinajstić information content (AvgIpc) is 3.27. The normalized spacial score (nSPS) is 17.1. The quantitative estimate of drug-likeness (QED) is 0.656. The van der Waals surface area contributed by atoms with E-state index in [2.05, 4.69) is 27.5 Å². The lowest BCUT2D eigenvalue weighted by Crippen LogP contribution is -2.49. The van der Waals surface area contributed by atoms with Crippen LogP contribution in [0.15, 0.2) is 42.5 Å². The lowest BCUT2D eigenvalue weighted by Gasteiger charge is -2.38. The maximum atomic E-state index is 13.7. The van der Waals surface area contributed by atoms with E-state index in [0.717, 1.165) is 31.7 Å². The Morgan fingerprint density at radius 1 is 1.00 bits per heavy atom. The van der Waals surface area contributed by atoms with Gasteiger partial charge in [0.05, 0.1) is 6.04 Å². The molecule has 1 atom stereocenters. The summed E-state index contributed by atoms with van der Waals surface area (Å²) >= 11 is 0. The summed E-state index contributed by atoms with van der Waals surface area (Å²) in [6, 6.07) is 11.8. The monoisotopic (exact) mass is 442 g/mol. The number of hydrogen-bond donors (Lipinski definition) is 2. The summed E-state index contributed by atoms with van der Waals surface area (Å²) in [4.78, 5) is 29.2. The van der Waals surface area contributed by atoms with E-state index in [-0.39, 0.29) is 25.9 Å². The Bertz CT molecular complexity index is 978. The second kappa shape index (κ2) is 9.97. The summed E-state index contributed by atoms with van der Waals surface area (Å²) < 4.78 is 24.6. The molecule has 32 heavy (non-hydrogen) atoms. The van der Waals surface area contributed by atoms with Crippen molar-refractivity contribution in [2.75, 3.05) is 46.6 Å². The van der Waals surface area contributed by atoms with Crippen molar-refractivity contribution in [1.82, 2.24) is 20.4 Å². The van der Waals surface area contributed by atoms with Crippen molar-refractivity contribution in [1.29, 1.82) is 0 Å². The van der Waals surface area contributed by atoms with Crippen LogP contribution in [0.5, 0.6) is 11.5 Å². The first-order valence-electron chi connectivity index (χ1n) is 10.6. The second-order valence-corrected chi connectivity index (χ2v) is 7.95. The molecule has 8 nitrogen and oxygen atoms in total. The van der Waals surface area contributed by atoms with E-state index in [1.54, 1.807) is 18.2 Å². The van der Waals surface area contributed by atoms with Crippen molar-refractivity contribution < 1.29 is 23.5 Å². The Kier molecular flexibility index (Phi) is 6.87. The van der Waals surface area contributed by atoms with Crippen LogP contribution >= 0.6 is 0 Å². The lowest BCUT2D eigenvalue weighted by molar-refractivity contribution is -0.139. The summed E-state index contributed by atoms with van der Waals surface area (Å²) in [7, 11) is 2.08. The molecule has 0 unspecified atom stereocenters. The fraction of sp³-hybridized carbons (Fsp3) is 0.391. The number of ether oxygens (including phenoxy) is 2. The molecular weight excluding hydrogens is 415 g/mol. The maximum Gasteiger partial charge on any atom is 0.309 e. The zero-order valence-electron chi connectivity index (χ0n) is 18.0. The second-order valence-electron chi connectivity index (χ2n) is 7.95. The van der Waals surface area contributed by atoms with E-state index in [4.69, 9.17) is 9.47 Å². The number of likely N-dealkylation sites (N-methyl/N-ethyl adjacent to an activating group) is 1. The summed E-state index contributed by atoms with van der Waals surface area (Å²) in [5.41, 5.74) is 1.30. The third kappa shape index (κ3) is 5.17. The first-order valence-corrected chi connectivity index (χ1v) is 10.6. The standard InChI is InChI=1S/C23H27FN4O4/c1-27-8-10-28(11-9-27)19(16-6-7-20-21(12-16)32-15-31-20)14-26-23(30)22(29)25-13-17-4-2-3-5-18(17)24/h2-7,12,19H,8-11,13-15H2,1H3,(H,25,29)(H,26,30)/t19-/m0/s1. The van der Waals surface area contributed by atoms with Crippen molar-refractivity contribution >= 4 is 11.8 Å². The fourth-order valence-corrected chi connectivity index (χ4v) is 3.88. The van der Waals surface area contributed by atoms with Gasteiger partial charge in [-0.25, -0.2) is 4.39 Å². The van der Waals surface area contributed by atoms with Gasteiger partial charge in [0.25, 0.3) is 0 Å². The molecule has 0 bridgehead atoms. The van der Waals surface area contributed by atoms with E-state index in [9.17, 15) is 14.0 Å². The number of carbonyl (C=O) groups excluding carboxylic acids is 2. The molecule has 2 aromatic carbocycles. The Labute approximate surface area is 186 Å². The molecule has 2 amide bonds. The number of piperazine rings is 1. The van der Waals surface area contributed by atoms with Gasteiger partial charge in [-0.05, 0) is 30.8 Å². The van der Waals surface area contributed by atoms with Gasteiger partial charge < -0.3 is 25.0 Å². The predicted octanol–water partition coefficient (Wildman–Crippen LogP) is 1.28. The highest BCUT2D eigenvalue weighted by Crippen LogP contribution is 2.35. The molecule has 0 saturated carbocycles. The van der Waals surface area contributed by atoms with Crippen LogP contribution in [0.2, 0.25) is 0 Å². The van der Waals surface area contributed by atoms with Crippen molar-refractivity contribution in [3.05, 3.63) is 59.4 Å². The molecule has 0 radical (unpaired) electrons. The number of nitrogens with one attached hydrogen (secondary N) is 2. The number of rotatable bonds is 6. The molecule has 1 saturated heterocycles. The Morgan fingerprint density at radius 2 is 1.72 bits per heavy atom. The number of hydrogen-bond acceptors (Lipinski definition) is 6. The van der Waals surface area contributed by atoms with Crippen LogP contribution in [-0.4, -0.2) is 68.2 Å². The largest absolute Gasteiger partial charge is 0.454 e. The van der Waals surface area contributed by atoms with Crippen molar-refractivity contribution in [3.63, 3.8) is 0 Å². The number of carbonyl (C=O) groups is 2. The molecule has 9 heteroatoms. The van der Waals surface area contributed by atoms with Crippen LogP contribution in [0.1, 0.15) is 17.2 Å². The van der Waals surface area contributed by atoms with Gasteiger partial charge in [0.15, 0.2) is 11.5 Å². The van der Waals surface area contributed by atoms with Crippen molar-refractivity contribution in [2.24, 2.45) is 0 Å². The average molecular weight is 442 g/mol. The van der Waals surface area contributed by atoms with Gasteiger partial charge in [-0.1, -0.05) is 24.3 Å². The highest BCUT2D eigenvalue weighted by molar-refractivity contribution is 6.35. The highest BCUT2D eigenvalue weighted by atomic mass is 19.1. The summed E-state index contributed by atoms with van der Waals surface area (Å²) in [5.74, 6) is -0.596. The van der Waals surface area contributed by atoms with Crippen LogP contribution in [0.4, 0.5) is 4.39 Å². The summed E-state index contributed by atoms with van der Waals surface area (Å²) in [5, 5.41) is 5.21. The SMILES string of the molecule is CN1CCN([C@@H](CNC(=O)C(=O)NCc2ccccc2F)c2ccc3c(c2)OCO3)CC1. The van der Waals surface area contributed by atoms with Gasteiger partial charge in [-0.3, -0.25) is 14.5 Å². The molecule has 2 heterocycles. The Balaban J connectivity index is 1.40. The molecular formula is C23H27FN4O4. The van der Waals surface area contributed by atoms with E-state index < -0.39 is 17.6 Å². The number of amides is 2. The molecule has 2 aliphatic rings. The molecule has 2 N–H and O–H groups in total. The van der Waals surface area contributed by atoms with Crippen molar-refractivity contribution in [3.8, 4) is 11.5 Å². The number of nitrogens with zero attached hydrogens (tertiary/aromatic N) is 2. The topological polar surface area (TPSA) is 83.1 Å². The van der Waals surface area contributed by atoms with Gasteiger partial charge in [0.1, 0.15) is 5.82 Å². The van der Waals surface area contributed by atoms with Crippen LogP contribution in [0.3, 0.4) is 0 Å². The first kappa shape index (κ1) is 22.0. The first-order chi connectivity index (χ1) is 15.5. The fourth-order valence-electron chi connectivity index (χ4n) is 3.88. The predicted molar refractivity (Wildman–Crippen MR) is 116 cm³/mol. The third-order valence-electron chi connectivity index (χ3n) is 5.82. The van der Waals surface area contributed by atoms with Gasteiger partial charge >= 0.3 is 11.8 Å². The zero-order valence-corrected chi connectivity index (χ0v) is 18.0. The molecule has 170 valence electrons. The van der Waals surface area contributed by atoms with E-state index in [0.29, 0.717) is 17.1 Å². The van der Waals surface area contributed by atoms with Gasteiger partial charge in [-0.2, -0.15) is 0 Å². The van der Waals surface area contributed by atoms with E-state index in [1.807, 2.05) is 18.2 Å². The summed E-state index contributed by atoms with van der Waals surface area (Å²) in [6.45, 7) is 3.90. The molecule has 0 spiro atoms. The van der Waals surface area contributed by atoms with E-state index >= 15 is 0 Å². The highest BCUT2D eigenvalue weighted by Gasteiger charge is 2.27. The van der Waals surface area contributed by atoms with E-state index in [1.165, 1.54) is 6.07 Å². The molecule has 4 rings (SSSR count). The Hall–Kier alpha value is -3.17. The molecule has 2 aromatic rings. The van der Waals surface area contributed by atoms with Crippen LogP contribution < -0.4 is 20.1 Å². The minimum absolute atomic E-state index is 0.0526. The smallest absolute Gasteiger partial charge is 0.309 e. The van der Waals surface area contributed by atoms with Crippen LogP contribution in [0.25, 0.3) is 0 Å². The summed E-state index contributed by atoms with van der Waals surface area (Å²) in [6.07, 6.45) is 0. The molecule has 1 fully saturated rings. The van der Waals surface area contributed by atoms with Crippen LogP contribution in [0, 0.1) is 5.82 Å². The number of halogens is 1.